The van der Waals surface area contributed by atoms with Gasteiger partial charge < -0.3 is 0 Å². The van der Waals surface area contributed by atoms with Crippen molar-refractivity contribution in [3.63, 3.8) is 0 Å². The van der Waals surface area contributed by atoms with Gasteiger partial charge in [0.15, 0.2) is 0 Å². The van der Waals surface area contributed by atoms with Crippen LogP contribution in [0.4, 0.5) is 0 Å². The van der Waals surface area contributed by atoms with E-state index < -0.39 is 0 Å². The molecule has 0 rings (SSSR count). The maximum atomic E-state index is 7.50. The fourth-order valence-electron chi connectivity index (χ4n) is 0. The molecule has 1 N–H and O–H groups in total. The average Bonchev–Trinajstić information content (AvgIpc) is 1.00. The van der Waals surface area contributed by atoms with Gasteiger partial charge in [0.2, 0.25) is 0 Å². The molecule has 0 spiro atoms. The Bertz CT molecular complexity index is 8.00. The van der Waals surface area contributed by atoms with E-state index in [0.717, 1.165) is 0 Å². The first-order valence-electron chi connectivity index (χ1n) is 0.204. The molecule has 0 aliphatic rings. The topological polar surface area (TPSA) is 40.9 Å². The molecule has 0 aromatic heterocycles. The molecule has 2 nitrogen and oxygen atoms in total. The van der Waals surface area contributed by atoms with Crippen LogP contribution in [0.3, 0.4) is 0 Å². The number of rotatable bonds is 0. The average molecular weight is 107 g/mol. The van der Waals surface area contributed by atoms with Gasteiger partial charge in [0, 0.05) is 32.7 Å². The number of hydrogen-bond acceptors (Lipinski definition) is 2. The van der Waals surface area contributed by atoms with Crippen molar-refractivity contribution in [2.45, 2.75) is 0 Å². The van der Waals surface area contributed by atoms with Crippen LogP contribution in [0.25, 0.3) is 0 Å². The summed E-state index contributed by atoms with van der Waals surface area (Å²) in [5.41, 5.74) is 4.50. The zero-order valence-corrected chi connectivity index (χ0v) is 4.47. The summed E-state index contributed by atoms with van der Waals surface area (Å²) in [6.45, 7) is 0. The first-order chi connectivity index (χ1) is 1.00. The Morgan fingerprint density at radius 3 is 1.25 bits per heavy atom. The largest absolute Gasteiger partial charge is 0.154 e. The zero-order chi connectivity index (χ0) is 2.00. The van der Waals surface area contributed by atoms with E-state index in [4.69, 9.17) is 4.91 Å². The van der Waals surface area contributed by atoms with Gasteiger partial charge in [-0.3, -0.25) is 0 Å². The monoisotopic (exact) mass is 107 g/mol. The molecule has 0 amide bonds. The maximum Gasteiger partial charge on any atom is 0 e. The van der Waals surface area contributed by atoms with Gasteiger partial charge in [-0.1, -0.05) is 5.59 Å². The van der Waals surface area contributed by atoms with E-state index in [-0.39, 0.29) is 32.7 Å². The first-order valence-corrected chi connectivity index (χ1v) is 0.204. The van der Waals surface area contributed by atoms with Crippen molar-refractivity contribution in [1.29, 1.82) is 5.59 Å². The molecule has 4 heavy (non-hydrogen) atoms. The fraction of sp³-hybridized carbons (Fsp3) is 0. The third kappa shape index (κ3) is 21.0. The van der Waals surface area contributed by atoms with Gasteiger partial charge >= 0.3 is 0 Å². The molecule has 0 aromatic rings. The number of nitroso groups, excluding NO2 is 1. The van der Waals surface area contributed by atoms with Crippen molar-refractivity contribution >= 4 is 11.0 Å². The normalized spacial score (nSPS) is 1.00. The SMILES string of the molecule is N=O.[Si].[Ti]. The van der Waals surface area contributed by atoms with Crippen LogP contribution in [-0.4, -0.2) is 11.0 Å². The van der Waals surface area contributed by atoms with E-state index in [9.17, 15) is 0 Å². The van der Waals surface area contributed by atoms with Crippen LogP contribution in [0.5, 0.6) is 0 Å². The summed E-state index contributed by atoms with van der Waals surface area (Å²) in [6, 6.07) is 0. The summed E-state index contributed by atoms with van der Waals surface area (Å²) >= 11 is 0. The van der Waals surface area contributed by atoms with Crippen molar-refractivity contribution in [1.82, 2.24) is 0 Å². The van der Waals surface area contributed by atoms with Gasteiger partial charge in [0.05, 0.1) is 0 Å². The Morgan fingerprint density at radius 1 is 1.25 bits per heavy atom. The predicted octanol–water partition coefficient (Wildman–Crippen LogP) is -0.0517. The van der Waals surface area contributed by atoms with Crippen molar-refractivity contribution in [3.8, 4) is 0 Å². The molecule has 0 heterocycles. The minimum absolute atomic E-state index is 0. The Kier molecular flexibility index (Phi) is 483. The minimum atomic E-state index is 0. The van der Waals surface area contributed by atoms with E-state index in [0.29, 0.717) is 0 Å². The van der Waals surface area contributed by atoms with Gasteiger partial charge in [-0.25, -0.2) is 0 Å². The molecule has 4 heteroatoms. The van der Waals surface area contributed by atoms with Crippen LogP contribution in [0.2, 0.25) is 0 Å². The summed E-state index contributed by atoms with van der Waals surface area (Å²) < 4.78 is 0. The molecular formula is HNOSiTi. The molecule has 0 atom stereocenters. The Morgan fingerprint density at radius 2 is 1.25 bits per heavy atom. The van der Waals surface area contributed by atoms with E-state index in [1.165, 1.54) is 0 Å². The standard InChI is InChI=1S/HNO.Si.Ti/c1-2;;/h1H;;. The summed E-state index contributed by atoms with van der Waals surface area (Å²) in [6.07, 6.45) is 0. The second-order valence-electron chi connectivity index (χ2n) is 0. The quantitative estimate of drug-likeness (QED) is 0.342. The summed E-state index contributed by atoms with van der Waals surface area (Å²) in [5.74, 6) is 0. The molecule has 0 aromatic carbocycles. The molecule has 20 valence electrons. The Hall–Kier alpha value is 0.531. The van der Waals surface area contributed by atoms with E-state index >= 15 is 0 Å². The number of nitrogens with one attached hydrogen (secondary N) is 1. The van der Waals surface area contributed by atoms with Crippen molar-refractivity contribution in [3.05, 3.63) is 4.91 Å². The van der Waals surface area contributed by atoms with Gasteiger partial charge in [0.25, 0.3) is 0 Å². The molecule has 0 saturated carbocycles. The third-order valence-corrected chi connectivity index (χ3v) is 0. The second-order valence-corrected chi connectivity index (χ2v) is 0. The zero-order valence-electron chi connectivity index (χ0n) is 1.91. The molecule has 0 aliphatic heterocycles. The molecule has 0 bridgehead atoms. The van der Waals surface area contributed by atoms with Crippen molar-refractivity contribution in [2.75, 3.05) is 0 Å². The van der Waals surface area contributed by atoms with Crippen LogP contribution in [0.1, 0.15) is 0 Å². The fourth-order valence-corrected chi connectivity index (χ4v) is 0. The van der Waals surface area contributed by atoms with Gasteiger partial charge in [-0.05, 0) is 0 Å². The van der Waals surface area contributed by atoms with Gasteiger partial charge in [-0.15, -0.1) is 0 Å². The van der Waals surface area contributed by atoms with E-state index in [1.54, 1.807) is 0 Å². The van der Waals surface area contributed by atoms with Gasteiger partial charge in [0.1, 0.15) is 0 Å². The van der Waals surface area contributed by atoms with Gasteiger partial charge in [-0.2, -0.15) is 4.91 Å². The minimum Gasteiger partial charge on any atom is -0.154 e. The third-order valence-electron chi connectivity index (χ3n) is 0. The predicted molar refractivity (Wildman–Crippen MR) is 11.8 cm³/mol. The summed E-state index contributed by atoms with van der Waals surface area (Å²) in [4.78, 5) is 7.50. The van der Waals surface area contributed by atoms with E-state index in [2.05, 4.69) is 5.59 Å². The summed E-state index contributed by atoms with van der Waals surface area (Å²) in [7, 11) is 0. The Balaban J connectivity index is -0.00000000500. The number of hydrogen-bond donors (Lipinski definition) is 1. The first kappa shape index (κ1) is 24.1. The van der Waals surface area contributed by atoms with Crippen LogP contribution in [0.15, 0.2) is 0 Å². The van der Waals surface area contributed by atoms with E-state index in [1.807, 2.05) is 0 Å². The van der Waals surface area contributed by atoms with Crippen molar-refractivity contribution in [2.24, 2.45) is 0 Å². The van der Waals surface area contributed by atoms with Crippen LogP contribution < -0.4 is 0 Å². The van der Waals surface area contributed by atoms with Crippen molar-refractivity contribution < 1.29 is 21.7 Å². The van der Waals surface area contributed by atoms with Crippen LogP contribution in [0, 0.1) is 10.5 Å². The van der Waals surface area contributed by atoms with Crippen LogP contribution in [-0.2, 0) is 21.7 Å². The maximum absolute atomic E-state index is 7.50. The Labute approximate surface area is 43.6 Å². The molecule has 0 saturated heterocycles. The molecule has 0 aliphatic carbocycles. The molecule has 0 unspecified atom stereocenters. The molecule has 4 radical (unpaired) electrons. The van der Waals surface area contributed by atoms with Crippen LogP contribution >= 0.6 is 0 Å². The summed E-state index contributed by atoms with van der Waals surface area (Å²) in [5, 5.41) is 0. The molecular weight excluding hydrogens is 106 g/mol. The molecule has 0 fully saturated rings. The smallest absolute Gasteiger partial charge is 0 e. The second kappa shape index (κ2) is 80.2.